The maximum absolute atomic E-state index is 12.4. The molecule has 118 valence electrons. The Morgan fingerprint density at radius 3 is 2.87 bits per heavy atom. The second kappa shape index (κ2) is 5.73. The van der Waals surface area contributed by atoms with Crippen LogP contribution in [0.1, 0.15) is 25.7 Å². The first-order valence-corrected chi connectivity index (χ1v) is 7.47. The minimum absolute atomic E-state index is 0.0331. The normalized spacial score (nSPS) is 10.7. The molecule has 1 aromatic carbocycles. The summed E-state index contributed by atoms with van der Waals surface area (Å²) in [6.07, 6.45) is 3.35. The Morgan fingerprint density at radius 2 is 2.17 bits per heavy atom. The topological polar surface area (TPSA) is 92.9 Å². The largest absolute Gasteiger partial charge is 0.496 e. The van der Waals surface area contributed by atoms with Gasteiger partial charge in [-0.05, 0) is 19.1 Å². The van der Waals surface area contributed by atoms with E-state index < -0.39 is 5.97 Å². The number of anilines is 1. The summed E-state index contributed by atoms with van der Waals surface area (Å²) in [6, 6.07) is 4.37. The average Bonchev–Trinajstić information content (AvgIpc) is 3.05. The molecule has 23 heavy (non-hydrogen) atoms. The van der Waals surface area contributed by atoms with E-state index in [0.29, 0.717) is 11.4 Å². The lowest BCUT2D eigenvalue weighted by Crippen LogP contribution is -2.14. The second-order valence-corrected chi connectivity index (χ2v) is 6.03. The molecular weight excluding hydrogens is 318 g/mol. The van der Waals surface area contributed by atoms with Crippen LogP contribution in [0.5, 0.6) is 5.75 Å². The highest BCUT2D eigenvalue weighted by Gasteiger charge is 2.16. The van der Waals surface area contributed by atoms with Crippen LogP contribution in [0, 0.1) is 6.92 Å². The van der Waals surface area contributed by atoms with Crippen LogP contribution < -0.4 is 10.1 Å². The maximum Gasteiger partial charge on any atom is 0.339 e. The van der Waals surface area contributed by atoms with Crippen molar-refractivity contribution in [1.82, 2.24) is 9.38 Å². The van der Waals surface area contributed by atoms with Gasteiger partial charge in [0.2, 0.25) is 0 Å². The zero-order valence-corrected chi connectivity index (χ0v) is 13.2. The van der Waals surface area contributed by atoms with E-state index in [1.165, 1.54) is 42.8 Å². The molecule has 0 saturated carbocycles. The van der Waals surface area contributed by atoms with Gasteiger partial charge in [-0.1, -0.05) is 0 Å². The summed E-state index contributed by atoms with van der Waals surface area (Å²) in [5.74, 6) is -1.24. The highest BCUT2D eigenvalue weighted by Crippen LogP contribution is 2.24. The third-order valence-electron chi connectivity index (χ3n) is 3.25. The number of thiazole rings is 1. The number of nitrogens with one attached hydrogen (secondary N) is 1. The number of rotatable bonds is 4. The molecule has 2 aromatic heterocycles. The monoisotopic (exact) mass is 331 g/mol. The number of aryl methyl sites for hydroxylation is 1. The van der Waals surface area contributed by atoms with Crippen molar-refractivity contribution in [3.8, 4) is 5.75 Å². The third kappa shape index (κ3) is 2.76. The van der Waals surface area contributed by atoms with Crippen LogP contribution >= 0.6 is 11.3 Å². The van der Waals surface area contributed by atoms with Crippen molar-refractivity contribution in [2.75, 3.05) is 12.4 Å². The summed E-state index contributed by atoms with van der Waals surface area (Å²) in [7, 11) is 1.38. The van der Waals surface area contributed by atoms with Crippen LogP contribution in [-0.2, 0) is 0 Å². The summed E-state index contributed by atoms with van der Waals surface area (Å²) in [4.78, 5) is 29.4. The van der Waals surface area contributed by atoms with Crippen molar-refractivity contribution < 1.29 is 19.4 Å². The van der Waals surface area contributed by atoms with Gasteiger partial charge < -0.3 is 15.2 Å². The first-order chi connectivity index (χ1) is 11.0. The lowest BCUT2D eigenvalue weighted by molar-refractivity contribution is 0.0693. The molecule has 2 N–H and O–H groups in total. The highest BCUT2D eigenvalue weighted by atomic mass is 32.1. The van der Waals surface area contributed by atoms with Crippen LogP contribution in [0.15, 0.2) is 30.6 Å². The van der Waals surface area contributed by atoms with Crippen molar-refractivity contribution in [3.63, 3.8) is 0 Å². The number of carbonyl (C=O) groups excluding carboxylic acids is 1. The van der Waals surface area contributed by atoms with Crippen molar-refractivity contribution in [1.29, 1.82) is 0 Å². The number of ether oxygens (including phenoxy) is 1. The minimum atomic E-state index is -1.09. The van der Waals surface area contributed by atoms with Crippen LogP contribution in [-0.4, -0.2) is 33.5 Å². The number of carboxylic acids is 1. The van der Waals surface area contributed by atoms with E-state index in [2.05, 4.69) is 10.3 Å². The molecule has 3 aromatic rings. The quantitative estimate of drug-likeness (QED) is 0.766. The van der Waals surface area contributed by atoms with E-state index in [1.54, 1.807) is 4.40 Å². The van der Waals surface area contributed by atoms with Crippen molar-refractivity contribution >= 4 is 33.9 Å². The third-order valence-corrected chi connectivity index (χ3v) is 4.16. The van der Waals surface area contributed by atoms with Gasteiger partial charge in [0, 0.05) is 22.8 Å². The number of hydrogen-bond donors (Lipinski definition) is 2. The molecule has 7 nitrogen and oxygen atoms in total. The van der Waals surface area contributed by atoms with Crippen LogP contribution in [0.2, 0.25) is 0 Å². The van der Waals surface area contributed by atoms with E-state index in [-0.39, 0.29) is 17.2 Å². The molecular formula is C15H13N3O4S. The number of fused-ring (bicyclic) bond motifs is 1. The van der Waals surface area contributed by atoms with Gasteiger partial charge in [-0.2, -0.15) is 0 Å². The molecule has 0 aliphatic heterocycles. The molecule has 3 rings (SSSR count). The molecule has 8 heteroatoms. The van der Waals surface area contributed by atoms with Gasteiger partial charge in [0.25, 0.3) is 5.91 Å². The molecule has 0 aliphatic carbocycles. The lowest BCUT2D eigenvalue weighted by atomic mass is 10.2. The molecule has 0 saturated heterocycles. The molecule has 0 unspecified atom stereocenters. The van der Waals surface area contributed by atoms with Crippen molar-refractivity contribution in [2.45, 2.75) is 6.92 Å². The lowest BCUT2D eigenvalue weighted by Gasteiger charge is -2.09. The summed E-state index contributed by atoms with van der Waals surface area (Å²) < 4.78 is 6.77. The number of benzene rings is 1. The van der Waals surface area contributed by atoms with Gasteiger partial charge in [0.15, 0.2) is 4.96 Å². The fraction of sp³-hybridized carbons (Fsp3) is 0.133. The van der Waals surface area contributed by atoms with Crippen molar-refractivity contribution in [3.05, 3.63) is 46.7 Å². The Labute approximate surface area is 135 Å². The van der Waals surface area contributed by atoms with E-state index in [9.17, 15) is 9.59 Å². The molecule has 0 atom stereocenters. The highest BCUT2D eigenvalue weighted by molar-refractivity contribution is 7.17. The smallest absolute Gasteiger partial charge is 0.339 e. The van der Waals surface area contributed by atoms with Gasteiger partial charge >= 0.3 is 5.97 Å². The van der Waals surface area contributed by atoms with E-state index in [4.69, 9.17) is 9.84 Å². The summed E-state index contributed by atoms with van der Waals surface area (Å²) >= 11 is 1.49. The molecule has 0 fully saturated rings. The first kappa shape index (κ1) is 15.0. The summed E-state index contributed by atoms with van der Waals surface area (Å²) in [5, 5.41) is 11.8. The van der Waals surface area contributed by atoms with Crippen LogP contribution in [0.4, 0.5) is 5.69 Å². The Hall–Kier alpha value is -2.87. The number of imidazole rings is 1. The molecule has 0 spiro atoms. The zero-order chi connectivity index (χ0) is 16.6. The standard InChI is InChI=1S/C15H13N3O4S/c1-8-7-18-11(6-16-15(18)23-8)13(19)17-9-3-4-10(14(20)21)12(5-9)22-2/h3-7H,1-2H3,(H,17,19)(H,20,21). The fourth-order valence-electron chi connectivity index (χ4n) is 2.21. The maximum atomic E-state index is 12.4. The van der Waals surface area contributed by atoms with Crippen LogP contribution in [0.3, 0.4) is 0 Å². The predicted octanol–water partition coefficient (Wildman–Crippen LogP) is 2.66. The fourth-order valence-corrected chi connectivity index (χ4v) is 3.01. The predicted molar refractivity (Wildman–Crippen MR) is 85.7 cm³/mol. The summed E-state index contributed by atoms with van der Waals surface area (Å²) in [6.45, 7) is 1.94. The Bertz CT molecular complexity index is 913. The number of carboxylic acid groups (broad SMARTS) is 1. The first-order valence-electron chi connectivity index (χ1n) is 6.66. The van der Waals surface area contributed by atoms with Gasteiger partial charge in [-0.15, -0.1) is 11.3 Å². The van der Waals surface area contributed by atoms with Gasteiger partial charge in [-0.25, -0.2) is 9.78 Å². The number of amides is 1. The number of methoxy groups -OCH3 is 1. The number of aromatic carboxylic acids is 1. The molecule has 1 amide bonds. The number of hydrogen-bond acceptors (Lipinski definition) is 5. The van der Waals surface area contributed by atoms with Crippen molar-refractivity contribution in [2.24, 2.45) is 0 Å². The number of nitrogens with zero attached hydrogens (tertiary/aromatic N) is 2. The molecule has 2 heterocycles. The van der Waals surface area contributed by atoms with E-state index in [1.807, 2.05) is 13.1 Å². The minimum Gasteiger partial charge on any atom is -0.496 e. The van der Waals surface area contributed by atoms with Gasteiger partial charge in [0.05, 0.1) is 13.3 Å². The Morgan fingerprint density at radius 1 is 1.39 bits per heavy atom. The van der Waals surface area contributed by atoms with E-state index in [0.717, 1.165) is 9.84 Å². The van der Waals surface area contributed by atoms with E-state index >= 15 is 0 Å². The summed E-state index contributed by atoms with van der Waals surface area (Å²) in [5.41, 5.74) is 0.884. The Kier molecular flexibility index (Phi) is 3.75. The molecule has 0 aliphatic rings. The van der Waals surface area contributed by atoms with Gasteiger partial charge in [-0.3, -0.25) is 9.20 Å². The second-order valence-electron chi connectivity index (χ2n) is 4.81. The average molecular weight is 331 g/mol. The molecule has 0 bridgehead atoms. The van der Waals surface area contributed by atoms with Gasteiger partial charge in [0.1, 0.15) is 17.0 Å². The number of aromatic nitrogens is 2. The SMILES string of the molecule is COc1cc(NC(=O)c2cnc3sc(C)cn23)ccc1C(=O)O. The molecule has 0 radical (unpaired) electrons. The van der Waals surface area contributed by atoms with Crippen LogP contribution in [0.25, 0.3) is 4.96 Å². The zero-order valence-electron chi connectivity index (χ0n) is 12.4. The number of carbonyl (C=O) groups is 2. The Balaban J connectivity index is 1.89.